The SMILES string of the molecule is Cl.O=C(CS(=O)(=O)c1ccc(C[C@H](CCN(CCOP(=O)(O)O)CCOP(=O)(O)O)CSc2ccccc2)c(S(=O)(=O)C(F)(F)F)c1)c1ccc(N2CCC([C@@H](O)c3ccccc3-c3ccc(Cl)cc3)CC2)cc1. The van der Waals surface area contributed by atoms with Crippen molar-refractivity contribution in [1.82, 2.24) is 4.90 Å². The van der Waals surface area contributed by atoms with Crippen molar-refractivity contribution in [3.8, 4) is 11.1 Å². The molecule has 16 nitrogen and oxygen atoms in total. The van der Waals surface area contributed by atoms with Gasteiger partial charge < -0.3 is 29.6 Å². The van der Waals surface area contributed by atoms with Gasteiger partial charge in [-0.1, -0.05) is 72.3 Å². The fourth-order valence-electron chi connectivity index (χ4n) is 8.41. The zero-order valence-electron chi connectivity index (χ0n) is 39.3. The lowest BCUT2D eigenvalue weighted by atomic mass is 9.84. The molecule has 26 heteroatoms. The van der Waals surface area contributed by atoms with E-state index in [-0.39, 0.29) is 67.7 Å². The summed E-state index contributed by atoms with van der Waals surface area (Å²) in [5.41, 5.74) is -2.88. The summed E-state index contributed by atoms with van der Waals surface area (Å²) in [4.78, 5) is 52.3. The molecule has 6 rings (SSSR count). The number of nitrogens with zero attached hydrogens (tertiary/aromatic N) is 2. The van der Waals surface area contributed by atoms with Gasteiger partial charge in [-0.2, -0.15) is 13.2 Å². The summed E-state index contributed by atoms with van der Waals surface area (Å²) in [6, 6.07) is 32.3. The molecule has 0 spiro atoms. The van der Waals surface area contributed by atoms with Crippen LogP contribution in [0.5, 0.6) is 0 Å². The second-order valence-corrected chi connectivity index (χ2v) is 25.2. The minimum Gasteiger partial charge on any atom is -0.388 e. The van der Waals surface area contributed by atoms with Crippen molar-refractivity contribution in [1.29, 1.82) is 0 Å². The van der Waals surface area contributed by atoms with Gasteiger partial charge in [0.15, 0.2) is 15.6 Å². The number of hydrogen-bond donors (Lipinski definition) is 5. The van der Waals surface area contributed by atoms with Crippen LogP contribution in [-0.2, 0) is 44.3 Å². The molecule has 5 N–H and O–H groups in total. The van der Waals surface area contributed by atoms with E-state index >= 15 is 0 Å². The number of thioether (sulfide) groups is 1. The van der Waals surface area contributed by atoms with Crippen molar-refractivity contribution < 1.29 is 77.7 Å². The normalized spacial score (nSPS) is 14.9. The third-order valence-electron chi connectivity index (χ3n) is 12.2. The summed E-state index contributed by atoms with van der Waals surface area (Å²) >= 11 is 7.39. The number of hydrogen-bond acceptors (Lipinski definition) is 13. The van der Waals surface area contributed by atoms with Gasteiger partial charge in [-0.05, 0) is 127 Å². The van der Waals surface area contributed by atoms with Crippen LogP contribution in [0.1, 0.15) is 46.9 Å². The van der Waals surface area contributed by atoms with Crippen molar-refractivity contribution in [2.75, 3.05) is 62.3 Å². The number of carbonyl (C=O) groups is 1. The molecule has 1 saturated heterocycles. The highest BCUT2D eigenvalue weighted by atomic mass is 35.5. The lowest BCUT2D eigenvalue weighted by Gasteiger charge is -2.36. The minimum absolute atomic E-state index is 0. The Morgan fingerprint density at radius 1 is 0.797 bits per heavy atom. The monoisotopic (exact) mass is 1170 g/mol. The quantitative estimate of drug-likeness (QED) is 0.0208. The van der Waals surface area contributed by atoms with Crippen molar-refractivity contribution in [2.24, 2.45) is 11.8 Å². The summed E-state index contributed by atoms with van der Waals surface area (Å²) < 4.78 is 129. The topological polar surface area (TPSA) is 246 Å². The first-order valence-corrected chi connectivity index (χ1v) is 30.2. The fourth-order valence-corrected chi connectivity index (χ4v) is 12.6. The predicted molar refractivity (Wildman–Crippen MR) is 278 cm³/mol. The highest BCUT2D eigenvalue weighted by Crippen LogP contribution is 2.40. The number of benzene rings is 5. The van der Waals surface area contributed by atoms with E-state index in [2.05, 4.69) is 13.9 Å². The maximum atomic E-state index is 14.3. The van der Waals surface area contributed by atoms with E-state index in [1.165, 1.54) is 28.8 Å². The molecule has 1 heterocycles. The van der Waals surface area contributed by atoms with E-state index in [4.69, 9.17) is 31.2 Å². The maximum absolute atomic E-state index is 14.3. The lowest BCUT2D eigenvalue weighted by molar-refractivity contribution is -0.0436. The van der Waals surface area contributed by atoms with Gasteiger partial charge in [-0.15, -0.1) is 24.2 Å². The van der Waals surface area contributed by atoms with E-state index in [0.717, 1.165) is 39.4 Å². The number of Topliss-reactive ketones (excluding diaryl/α,β-unsaturated/α-hetero) is 1. The molecule has 0 saturated carbocycles. The molecule has 1 aliphatic heterocycles. The van der Waals surface area contributed by atoms with Crippen molar-refractivity contribution in [3.05, 3.63) is 143 Å². The van der Waals surface area contributed by atoms with E-state index in [9.17, 15) is 49.0 Å². The Labute approximate surface area is 443 Å². The van der Waals surface area contributed by atoms with Crippen LogP contribution in [0.2, 0.25) is 5.02 Å². The molecular weight excluding hydrogens is 1110 g/mol. The smallest absolute Gasteiger partial charge is 0.388 e. The van der Waals surface area contributed by atoms with Crippen LogP contribution >= 0.6 is 51.4 Å². The average Bonchev–Trinajstić information content (AvgIpc) is 3.33. The molecule has 5 aromatic rings. The number of halogens is 5. The third-order valence-corrected chi connectivity index (χ3v) is 17.9. The number of phosphoric ester groups is 2. The number of piperidine rings is 1. The van der Waals surface area contributed by atoms with Crippen LogP contribution in [0.4, 0.5) is 18.9 Å². The summed E-state index contributed by atoms with van der Waals surface area (Å²) in [6.07, 6.45) is 0.278. The number of ketones is 1. The molecule has 0 aliphatic carbocycles. The second kappa shape index (κ2) is 26.6. The molecule has 0 aromatic heterocycles. The first kappa shape index (κ1) is 61.2. The van der Waals surface area contributed by atoms with Crippen LogP contribution in [0.15, 0.2) is 136 Å². The summed E-state index contributed by atoms with van der Waals surface area (Å²) in [6.45, 7) is -0.293. The Kier molecular flexibility index (Phi) is 22.0. The van der Waals surface area contributed by atoms with Gasteiger partial charge in [0.05, 0.1) is 29.1 Å². The second-order valence-electron chi connectivity index (χ2n) is 17.3. The van der Waals surface area contributed by atoms with Crippen molar-refractivity contribution >= 4 is 82.6 Å². The molecule has 1 fully saturated rings. The molecule has 0 amide bonds. The number of aliphatic hydroxyl groups excluding tert-OH is 1. The number of carbonyl (C=O) groups excluding carboxylic acids is 1. The first-order valence-electron chi connectivity index (χ1n) is 22.7. The van der Waals surface area contributed by atoms with E-state index in [1.54, 1.807) is 54.6 Å². The fraction of sp³-hybridized carbons (Fsp3) is 0.354. The Balaban J connectivity index is 0.0000101. The summed E-state index contributed by atoms with van der Waals surface area (Å²) in [7, 11) is -20.8. The molecule has 404 valence electrons. The van der Waals surface area contributed by atoms with Gasteiger partial charge in [0, 0.05) is 53.1 Å². The Morgan fingerprint density at radius 3 is 1.96 bits per heavy atom. The molecule has 5 aromatic carbocycles. The number of aliphatic hydroxyl groups is 1. The van der Waals surface area contributed by atoms with Crippen LogP contribution in [0, 0.1) is 11.8 Å². The van der Waals surface area contributed by atoms with Crippen molar-refractivity contribution in [2.45, 2.75) is 52.0 Å². The van der Waals surface area contributed by atoms with Gasteiger partial charge in [-0.3, -0.25) is 18.7 Å². The zero-order valence-corrected chi connectivity index (χ0v) is 45.1. The van der Waals surface area contributed by atoms with Gasteiger partial charge in [0.25, 0.3) is 9.84 Å². The molecule has 74 heavy (non-hydrogen) atoms. The summed E-state index contributed by atoms with van der Waals surface area (Å²) in [5, 5.41) is 12.1. The van der Waals surface area contributed by atoms with Crippen LogP contribution in [-0.4, -0.2) is 115 Å². The van der Waals surface area contributed by atoms with Crippen LogP contribution < -0.4 is 4.90 Å². The van der Waals surface area contributed by atoms with E-state index in [0.29, 0.717) is 37.0 Å². The number of anilines is 1. The van der Waals surface area contributed by atoms with Gasteiger partial charge in [0.2, 0.25) is 0 Å². The standard InChI is InChI=1S/C48H54ClF3N2O14P2S3.ClH/c49-39-15-10-35(11-16-39)43-8-4-5-9-44(43)47(56)37-21-24-54(25-22-37)40-17-12-36(13-18-40)45(55)33-72(63,64)42-19-14-38(46(31-42)73(65,66)48(50,51)52)30-34(32-71-41-6-2-1-3-7-41)20-23-53(26-28-67-69(57,58)59)27-29-68-70(60,61)62;/h1-19,31,34,37,47,56H,20-30,32-33H2,(H2,57,58,59)(H2,60,61,62);1H/t34-,47+;/m0./s1. The number of phosphoric acid groups is 2. The highest BCUT2D eigenvalue weighted by molar-refractivity contribution is 7.99. The van der Waals surface area contributed by atoms with Gasteiger partial charge in [0.1, 0.15) is 5.75 Å². The largest absolute Gasteiger partial charge is 0.501 e. The Hall–Kier alpha value is -3.67. The van der Waals surface area contributed by atoms with Gasteiger partial charge >= 0.3 is 21.2 Å². The number of rotatable bonds is 25. The molecule has 1 aliphatic rings. The lowest BCUT2D eigenvalue weighted by Crippen LogP contribution is -2.35. The Bertz CT molecular complexity index is 2960. The third kappa shape index (κ3) is 17.7. The summed E-state index contributed by atoms with van der Waals surface area (Å²) in [5.74, 6) is -2.62. The predicted octanol–water partition coefficient (Wildman–Crippen LogP) is 9.19. The van der Waals surface area contributed by atoms with Crippen LogP contribution in [0.25, 0.3) is 11.1 Å². The maximum Gasteiger partial charge on any atom is 0.501 e. The van der Waals surface area contributed by atoms with Crippen molar-refractivity contribution in [3.63, 3.8) is 0 Å². The molecule has 0 unspecified atom stereocenters. The Morgan fingerprint density at radius 2 is 1.38 bits per heavy atom. The van der Waals surface area contributed by atoms with Crippen LogP contribution in [0.3, 0.4) is 0 Å². The van der Waals surface area contributed by atoms with Gasteiger partial charge in [-0.25, -0.2) is 26.0 Å². The molecular formula is C48H55Cl2F3N2O14P2S3. The number of sulfone groups is 2. The molecule has 0 bridgehead atoms. The molecule has 0 radical (unpaired) electrons. The molecule has 2 atom stereocenters. The first-order chi connectivity index (χ1) is 34.3. The minimum atomic E-state index is -6.19. The highest BCUT2D eigenvalue weighted by Gasteiger charge is 2.48. The zero-order chi connectivity index (χ0) is 53.2. The number of alkyl halides is 3. The van der Waals surface area contributed by atoms with E-state index in [1.807, 2.05) is 36.4 Å². The van der Waals surface area contributed by atoms with E-state index < -0.39 is 87.4 Å². The average molecular weight is 1170 g/mol.